The van der Waals surface area contributed by atoms with E-state index in [-0.39, 0.29) is 17.2 Å². The highest BCUT2D eigenvalue weighted by atomic mass is 35.5. The lowest BCUT2D eigenvalue weighted by atomic mass is 10.3. The number of nitrogens with zero attached hydrogens (tertiary/aromatic N) is 4. The maximum Gasteiger partial charge on any atom is 0.322 e. The molecule has 1 N–H and O–H groups in total. The molecule has 0 radical (unpaired) electrons. The number of nitrogens with one attached hydrogen (secondary N) is 1. The monoisotopic (exact) mass is 301 g/mol. The fourth-order valence-electron chi connectivity index (χ4n) is 1.62. The van der Waals surface area contributed by atoms with Gasteiger partial charge in [-0.25, -0.2) is 0 Å². The summed E-state index contributed by atoms with van der Waals surface area (Å²) in [4.78, 5) is 25.4. The van der Waals surface area contributed by atoms with Crippen LogP contribution >= 0.6 is 11.6 Å². The highest BCUT2D eigenvalue weighted by Crippen LogP contribution is 2.11. The summed E-state index contributed by atoms with van der Waals surface area (Å²) in [6.07, 6.45) is 0.370. The van der Waals surface area contributed by atoms with E-state index in [9.17, 15) is 4.79 Å². The quantitative estimate of drug-likeness (QED) is 0.785. The van der Waals surface area contributed by atoms with Gasteiger partial charge in [-0.3, -0.25) is 4.79 Å². The van der Waals surface area contributed by atoms with Gasteiger partial charge in [-0.05, 0) is 32.4 Å². The van der Waals surface area contributed by atoms with Gasteiger partial charge < -0.3 is 15.0 Å². The molecule has 0 fully saturated rings. The molecule has 8 heteroatoms. The number of rotatable bonds is 8. The van der Waals surface area contributed by atoms with Crippen molar-refractivity contribution >= 4 is 23.5 Å². The third kappa shape index (κ3) is 5.16. The predicted octanol–water partition coefficient (Wildman–Crippen LogP) is 1.59. The van der Waals surface area contributed by atoms with Gasteiger partial charge in [0.05, 0.1) is 6.61 Å². The summed E-state index contributed by atoms with van der Waals surface area (Å²) in [5.41, 5.74) is 0. The van der Waals surface area contributed by atoms with E-state index in [0.717, 1.165) is 0 Å². The summed E-state index contributed by atoms with van der Waals surface area (Å²) in [7, 11) is 0. The van der Waals surface area contributed by atoms with E-state index in [1.165, 1.54) is 0 Å². The maximum absolute atomic E-state index is 11.8. The predicted molar refractivity (Wildman–Crippen MR) is 77.0 cm³/mol. The average Bonchev–Trinajstić information content (AvgIpc) is 2.40. The third-order valence-electron chi connectivity index (χ3n) is 2.60. The van der Waals surface area contributed by atoms with Gasteiger partial charge in [0.25, 0.3) is 0 Å². The zero-order valence-electron chi connectivity index (χ0n) is 12.0. The average molecular weight is 302 g/mol. The molecule has 112 valence electrons. The second-order valence-electron chi connectivity index (χ2n) is 3.89. The number of halogens is 1. The molecule has 0 atom stereocenters. The Kier molecular flexibility index (Phi) is 7.00. The normalized spacial score (nSPS) is 10.2. The van der Waals surface area contributed by atoms with Gasteiger partial charge in [-0.15, -0.1) is 0 Å². The first-order chi connectivity index (χ1) is 9.60. The molecule has 0 aromatic carbocycles. The molecular formula is C12H20ClN5O2. The third-order valence-corrected chi connectivity index (χ3v) is 2.77. The zero-order chi connectivity index (χ0) is 15.0. The van der Waals surface area contributed by atoms with Crippen molar-refractivity contribution in [3.05, 3.63) is 5.28 Å². The molecule has 7 nitrogen and oxygen atoms in total. The van der Waals surface area contributed by atoms with E-state index in [2.05, 4.69) is 20.3 Å². The minimum atomic E-state index is 0.0565. The van der Waals surface area contributed by atoms with E-state index in [0.29, 0.717) is 38.6 Å². The van der Waals surface area contributed by atoms with Crippen molar-refractivity contribution < 1.29 is 9.53 Å². The van der Waals surface area contributed by atoms with Crippen LogP contribution in [0.2, 0.25) is 5.28 Å². The van der Waals surface area contributed by atoms with Gasteiger partial charge in [0, 0.05) is 26.1 Å². The Morgan fingerprint density at radius 1 is 1.25 bits per heavy atom. The number of anilines is 1. The molecule has 0 saturated carbocycles. The van der Waals surface area contributed by atoms with Gasteiger partial charge in [0.15, 0.2) is 0 Å². The summed E-state index contributed by atoms with van der Waals surface area (Å²) in [5, 5.41) is 3.00. The molecule has 1 aromatic rings. The van der Waals surface area contributed by atoms with Crippen LogP contribution in [0.4, 0.5) is 5.95 Å². The van der Waals surface area contributed by atoms with Gasteiger partial charge in [-0.1, -0.05) is 0 Å². The fourth-order valence-corrected chi connectivity index (χ4v) is 1.77. The number of hydrogen-bond donors (Lipinski definition) is 1. The second-order valence-corrected chi connectivity index (χ2v) is 4.22. The van der Waals surface area contributed by atoms with E-state index in [1.807, 2.05) is 20.8 Å². The Labute approximate surface area is 123 Å². The molecular weight excluding hydrogens is 282 g/mol. The maximum atomic E-state index is 11.8. The number of hydrogen-bond acceptors (Lipinski definition) is 6. The second kappa shape index (κ2) is 8.52. The lowest BCUT2D eigenvalue weighted by molar-refractivity contribution is -0.130. The summed E-state index contributed by atoms with van der Waals surface area (Å²) < 4.78 is 5.17. The summed E-state index contributed by atoms with van der Waals surface area (Å²) >= 11 is 5.77. The number of carbonyl (C=O) groups is 1. The van der Waals surface area contributed by atoms with Crippen LogP contribution in [0.25, 0.3) is 0 Å². The van der Waals surface area contributed by atoms with Crippen molar-refractivity contribution in [2.45, 2.75) is 27.2 Å². The fraction of sp³-hybridized carbons (Fsp3) is 0.667. The molecule has 0 saturated heterocycles. The molecule has 0 aliphatic rings. The summed E-state index contributed by atoms with van der Waals surface area (Å²) in [6.45, 7) is 8.03. The van der Waals surface area contributed by atoms with Gasteiger partial charge in [0.2, 0.25) is 17.1 Å². The zero-order valence-corrected chi connectivity index (χ0v) is 12.8. The Morgan fingerprint density at radius 3 is 2.55 bits per heavy atom. The molecule has 0 unspecified atom stereocenters. The first-order valence-corrected chi connectivity index (χ1v) is 7.04. The summed E-state index contributed by atoms with van der Waals surface area (Å²) in [5.74, 6) is 0.397. The van der Waals surface area contributed by atoms with Crippen molar-refractivity contribution in [3.63, 3.8) is 0 Å². The van der Waals surface area contributed by atoms with E-state index in [1.54, 1.807) is 4.90 Å². The van der Waals surface area contributed by atoms with Crippen molar-refractivity contribution in [1.82, 2.24) is 19.9 Å². The molecule has 0 bridgehead atoms. The van der Waals surface area contributed by atoms with Crippen molar-refractivity contribution in [1.29, 1.82) is 0 Å². The lowest BCUT2D eigenvalue weighted by Crippen LogP contribution is -2.31. The smallest absolute Gasteiger partial charge is 0.322 e. The molecule has 20 heavy (non-hydrogen) atoms. The van der Waals surface area contributed by atoms with Crippen LogP contribution in [-0.2, 0) is 4.79 Å². The minimum Gasteiger partial charge on any atom is -0.464 e. The molecule has 1 rings (SSSR count). The topological polar surface area (TPSA) is 80.2 Å². The molecule has 0 aliphatic heterocycles. The largest absolute Gasteiger partial charge is 0.464 e. The highest BCUT2D eigenvalue weighted by molar-refractivity contribution is 6.28. The van der Waals surface area contributed by atoms with Crippen molar-refractivity contribution in [3.8, 4) is 6.01 Å². The Bertz CT molecular complexity index is 440. The van der Waals surface area contributed by atoms with Gasteiger partial charge >= 0.3 is 6.01 Å². The first-order valence-electron chi connectivity index (χ1n) is 6.66. The van der Waals surface area contributed by atoms with Gasteiger partial charge in [0.1, 0.15) is 0 Å². The minimum absolute atomic E-state index is 0.0565. The summed E-state index contributed by atoms with van der Waals surface area (Å²) in [6, 6.07) is 0.171. The number of amides is 1. The molecule has 1 heterocycles. The van der Waals surface area contributed by atoms with E-state index in [4.69, 9.17) is 16.3 Å². The van der Waals surface area contributed by atoms with Crippen LogP contribution in [0.15, 0.2) is 0 Å². The van der Waals surface area contributed by atoms with Crippen LogP contribution < -0.4 is 10.1 Å². The van der Waals surface area contributed by atoms with E-state index >= 15 is 0 Å². The van der Waals surface area contributed by atoms with Crippen LogP contribution in [0.5, 0.6) is 6.01 Å². The first kappa shape index (κ1) is 16.4. The van der Waals surface area contributed by atoms with Crippen molar-refractivity contribution in [2.75, 3.05) is 31.6 Å². The van der Waals surface area contributed by atoms with Crippen LogP contribution in [0, 0.1) is 0 Å². The standard InChI is InChI=1S/C12H20ClN5O2/c1-4-18(5-2)9(19)7-8-14-11-15-10(13)16-12(17-11)20-6-3/h4-8H2,1-3H3,(H,14,15,16,17). The van der Waals surface area contributed by atoms with Gasteiger partial charge in [-0.2, -0.15) is 15.0 Å². The lowest BCUT2D eigenvalue weighted by Gasteiger charge is -2.18. The molecule has 1 aromatic heterocycles. The van der Waals surface area contributed by atoms with Crippen LogP contribution in [0.3, 0.4) is 0 Å². The van der Waals surface area contributed by atoms with Crippen LogP contribution in [0.1, 0.15) is 27.2 Å². The highest BCUT2D eigenvalue weighted by Gasteiger charge is 2.10. The Balaban J connectivity index is 2.51. The Hall–Kier alpha value is -1.63. The van der Waals surface area contributed by atoms with E-state index < -0.39 is 0 Å². The Morgan fingerprint density at radius 2 is 1.95 bits per heavy atom. The molecule has 0 spiro atoms. The molecule has 1 amide bonds. The van der Waals surface area contributed by atoms with Crippen molar-refractivity contribution in [2.24, 2.45) is 0 Å². The number of aromatic nitrogens is 3. The number of ether oxygens (including phenoxy) is 1. The SMILES string of the molecule is CCOc1nc(Cl)nc(NCCC(=O)N(CC)CC)n1. The van der Waals surface area contributed by atoms with Crippen LogP contribution in [-0.4, -0.2) is 52.0 Å². The number of carbonyl (C=O) groups excluding carboxylic acids is 1. The molecule has 0 aliphatic carbocycles.